The van der Waals surface area contributed by atoms with Gasteiger partial charge in [-0.3, -0.25) is 14.3 Å². The molecule has 0 radical (unpaired) electrons. The molecular weight excluding hydrogens is 292 g/mol. The highest BCUT2D eigenvalue weighted by molar-refractivity contribution is 5.92. The van der Waals surface area contributed by atoms with E-state index in [1.165, 1.54) is 6.07 Å². The van der Waals surface area contributed by atoms with Crippen LogP contribution in [0, 0.1) is 13.8 Å². The molecule has 0 fully saturated rings. The Morgan fingerprint density at radius 3 is 2.57 bits per heavy atom. The second kappa shape index (κ2) is 6.81. The van der Waals surface area contributed by atoms with Crippen molar-refractivity contribution in [1.82, 2.24) is 14.3 Å². The van der Waals surface area contributed by atoms with E-state index in [0.29, 0.717) is 12.2 Å². The third kappa shape index (κ3) is 3.70. The van der Waals surface area contributed by atoms with Crippen LogP contribution in [0.5, 0.6) is 0 Å². The van der Waals surface area contributed by atoms with Crippen LogP contribution in [0.1, 0.15) is 43.8 Å². The summed E-state index contributed by atoms with van der Waals surface area (Å²) in [5.41, 5.74) is 3.41. The molecule has 124 valence electrons. The molecule has 0 spiro atoms. The number of rotatable bonds is 5. The Kier molecular flexibility index (Phi) is 5.03. The summed E-state index contributed by atoms with van der Waals surface area (Å²) in [7, 11) is 0. The Labute approximate surface area is 136 Å². The van der Waals surface area contributed by atoms with E-state index in [1.54, 1.807) is 16.8 Å². The molecule has 0 aromatic carbocycles. The fourth-order valence-electron chi connectivity index (χ4n) is 2.67. The maximum absolute atomic E-state index is 12.3. The number of hydrogen-bond acceptors (Lipinski definition) is 3. The number of aromatic nitrogens is 3. The highest BCUT2D eigenvalue weighted by atomic mass is 16.1. The van der Waals surface area contributed by atoms with E-state index in [4.69, 9.17) is 0 Å². The molecule has 2 aromatic rings. The lowest BCUT2D eigenvalue weighted by atomic mass is 10.1. The number of pyridine rings is 1. The van der Waals surface area contributed by atoms with Gasteiger partial charge in [0.1, 0.15) is 0 Å². The smallest absolute Gasteiger partial charge is 0.250 e. The van der Waals surface area contributed by atoms with Crippen molar-refractivity contribution in [2.24, 2.45) is 0 Å². The molecule has 1 amide bonds. The van der Waals surface area contributed by atoms with Crippen molar-refractivity contribution >= 4 is 11.6 Å². The molecule has 2 heterocycles. The molecule has 0 aliphatic rings. The first-order chi connectivity index (χ1) is 10.8. The van der Waals surface area contributed by atoms with E-state index in [0.717, 1.165) is 17.0 Å². The number of nitrogens with one attached hydrogen (secondary N) is 1. The van der Waals surface area contributed by atoms with E-state index in [-0.39, 0.29) is 23.9 Å². The second-order valence-corrected chi connectivity index (χ2v) is 5.95. The van der Waals surface area contributed by atoms with E-state index >= 15 is 0 Å². The zero-order chi connectivity index (χ0) is 17.1. The zero-order valence-electron chi connectivity index (χ0n) is 14.4. The van der Waals surface area contributed by atoms with Gasteiger partial charge < -0.3 is 9.88 Å². The van der Waals surface area contributed by atoms with E-state index in [2.05, 4.69) is 24.3 Å². The minimum Gasteiger partial charge on any atom is -0.324 e. The first-order valence-electron chi connectivity index (χ1n) is 7.88. The third-order valence-electron chi connectivity index (χ3n) is 3.91. The van der Waals surface area contributed by atoms with Gasteiger partial charge in [-0.15, -0.1) is 0 Å². The molecule has 6 nitrogen and oxygen atoms in total. The topological polar surface area (TPSA) is 68.9 Å². The summed E-state index contributed by atoms with van der Waals surface area (Å²) in [6.45, 7) is 10.5. The van der Waals surface area contributed by atoms with Crippen LogP contribution in [-0.2, 0) is 17.8 Å². The molecule has 0 unspecified atom stereocenters. The van der Waals surface area contributed by atoms with Crippen LogP contribution in [0.2, 0.25) is 0 Å². The van der Waals surface area contributed by atoms with Gasteiger partial charge in [0.25, 0.3) is 5.56 Å². The average molecular weight is 316 g/mol. The predicted octanol–water partition coefficient (Wildman–Crippen LogP) is 2.44. The molecule has 0 saturated heterocycles. The van der Waals surface area contributed by atoms with E-state index < -0.39 is 0 Å². The van der Waals surface area contributed by atoms with Gasteiger partial charge in [-0.05, 0) is 40.7 Å². The summed E-state index contributed by atoms with van der Waals surface area (Å²) in [5.74, 6) is -0.110. The van der Waals surface area contributed by atoms with Gasteiger partial charge in [0, 0.05) is 36.1 Å². The Morgan fingerprint density at radius 2 is 2.00 bits per heavy atom. The number of nitrogens with zero attached hydrogens (tertiary/aromatic N) is 3. The molecule has 1 N–H and O–H groups in total. The van der Waals surface area contributed by atoms with Crippen LogP contribution in [-0.4, -0.2) is 20.3 Å². The number of carbonyl (C=O) groups excluding carboxylic acids is 1. The van der Waals surface area contributed by atoms with Crippen LogP contribution in [0.4, 0.5) is 5.69 Å². The monoisotopic (exact) mass is 316 g/mol. The quantitative estimate of drug-likeness (QED) is 0.921. The number of hydrogen-bond donors (Lipinski definition) is 1. The molecule has 2 rings (SSSR count). The normalized spacial score (nSPS) is 11.0. The number of aryl methyl sites for hydroxylation is 2. The summed E-state index contributed by atoms with van der Waals surface area (Å²) < 4.78 is 3.50. The van der Waals surface area contributed by atoms with Crippen molar-refractivity contribution in [2.45, 2.75) is 53.6 Å². The summed E-state index contributed by atoms with van der Waals surface area (Å²) in [4.78, 5) is 23.9. The fraction of sp³-hybridized carbons (Fsp3) is 0.471. The Balaban J connectivity index is 2.16. The predicted molar refractivity (Wildman–Crippen MR) is 90.8 cm³/mol. The zero-order valence-corrected chi connectivity index (χ0v) is 14.4. The van der Waals surface area contributed by atoms with Crippen molar-refractivity contribution in [3.05, 3.63) is 45.6 Å². The van der Waals surface area contributed by atoms with Crippen molar-refractivity contribution in [2.75, 3.05) is 5.32 Å². The van der Waals surface area contributed by atoms with Gasteiger partial charge in [-0.1, -0.05) is 0 Å². The summed E-state index contributed by atoms with van der Waals surface area (Å²) >= 11 is 0. The molecule has 0 atom stereocenters. The third-order valence-corrected chi connectivity index (χ3v) is 3.91. The minimum atomic E-state index is -0.110. The Hall–Kier alpha value is -2.37. The van der Waals surface area contributed by atoms with Gasteiger partial charge >= 0.3 is 0 Å². The van der Waals surface area contributed by atoms with Crippen molar-refractivity contribution in [3.8, 4) is 0 Å². The van der Waals surface area contributed by atoms with Crippen LogP contribution in [0.25, 0.3) is 0 Å². The van der Waals surface area contributed by atoms with Crippen LogP contribution < -0.4 is 10.9 Å². The summed E-state index contributed by atoms with van der Waals surface area (Å²) in [6, 6.07) is 3.36. The molecule has 6 heteroatoms. The Bertz CT molecular complexity index is 771. The Morgan fingerprint density at radius 1 is 1.30 bits per heavy atom. The fourth-order valence-corrected chi connectivity index (χ4v) is 2.67. The summed E-state index contributed by atoms with van der Waals surface area (Å²) in [6.07, 6.45) is 1.94. The van der Waals surface area contributed by atoms with Crippen molar-refractivity contribution in [3.63, 3.8) is 0 Å². The SMILES string of the molecule is CCn1cc(NC(=O)Cc2c(C)nn(C(C)C)c2C)ccc1=O. The number of anilines is 1. The second-order valence-electron chi connectivity index (χ2n) is 5.95. The molecule has 0 aliphatic heterocycles. The van der Waals surface area contributed by atoms with Crippen molar-refractivity contribution < 1.29 is 4.79 Å². The van der Waals surface area contributed by atoms with E-state index in [1.807, 2.05) is 25.5 Å². The average Bonchev–Trinajstić information content (AvgIpc) is 2.77. The molecule has 0 saturated carbocycles. The highest BCUT2D eigenvalue weighted by Gasteiger charge is 2.16. The van der Waals surface area contributed by atoms with Crippen LogP contribution in [0.3, 0.4) is 0 Å². The van der Waals surface area contributed by atoms with Gasteiger partial charge in [-0.25, -0.2) is 0 Å². The van der Waals surface area contributed by atoms with Crippen molar-refractivity contribution in [1.29, 1.82) is 0 Å². The maximum Gasteiger partial charge on any atom is 0.250 e. The maximum atomic E-state index is 12.3. The van der Waals surface area contributed by atoms with Crippen LogP contribution in [0.15, 0.2) is 23.1 Å². The first-order valence-corrected chi connectivity index (χ1v) is 7.88. The number of amides is 1. The van der Waals surface area contributed by atoms with Crippen LogP contribution >= 0.6 is 0 Å². The highest BCUT2D eigenvalue weighted by Crippen LogP contribution is 2.18. The molecule has 23 heavy (non-hydrogen) atoms. The standard InChI is InChI=1S/C17H24N4O2/c1-6-20-10-14(7-8-17(20)23)18-16(22)9-15-12(4)19-21(11(2)3)13(15)5/h7-8,10-11H,6,9H2,1-5H3,(H,18,22). The molecular formula is C17H24N4O2. The molecule has 2 aromatic heterocycles. The number of carbonyl (C=O) groups is 1. The van der Waals surface area contributed by atoms with E-state index in [9.17, 15) is 9.59 Å². The lowest BCUT2D eigenvalue weighted by Gasteiger charge is -2.10. The largest absolute Gasteiger partial charge is 0.324 e. The van der Waals surface area contributed by atoms with Gasteiger partial charge in [0.2, 0.25) is 5.91 Å². The first kappa shape index (κ1) is 17.0. The lowest BCUT2D eigenvalue weighted by molar-refractivity contribution is -0.115. The molecule has 0 aliphatic carbocycles. The van der Waals surface area contributed by atoms with Gasteiger partial charge in [0.15, 0.2) is 0 Å². The van der Waals surface area contributed by atoms with Gasteiger partial charge in [-0.2, -0.15) is 5.10 Å². The minimum absolute atomic E-state index is 0.0737. The lowest BCUT2D eigenvalue weighted by Crippen LogP contribution is -2.20. The molecule has 0 bridgehead atoms. The summed E-state index contributed by atoms with van der Waals surface area (Å²) in [5, 5.41) is 7.35. The van der Waals surface area contributed by atoms with Gasteiger partial charge in [0.05, 0.1) is 17.8 Å².